The molecule has 72 valence electrons. The molecule has 0 aliphatic carbocycles. The monoisotopic (exact) mass is 196 g/mol. The lowest BCUT2D eigenvalue weighted by Crippen LogP contribution is -1.84. The summed E-state index contributed by atoms with van der Waals surface area (Å²) in [5.41, 5.74) is 1.18. The highest BCUT2D eigenvalue weighted by Crippen LogP contribution is 2.17. The molecule has 0 radical (unpaired) electrons. The average molecular weight is 196 g/mol. The van der Waals surface area contributed by atoms with Crippen LogP contribution in [-0.2, 0) is 0 Å². The normalized spacial score (nSPS) is 10.2. The third-order valence-electron chi connectivity index (χ3n) is 1.70. The van der Waals surface area contributed by atoms with E-state index in [1.165, 1.54) is 5.69 Å². The Morgan fingerprint density at radius 3 is 2.62 bits per heavy atom. The number of rotatable bonds is 1. The Balaban J connectivity index is 0.000000396. The molecule has 0 atom stereocenters. The Morgan fingerprint density at radius 1 is 1.38 bits per heavy atom. The van der Waals surface area contributed by atoms with Crippen LogP contribution in [0.15, 0.2) is 17.8 Å². The zero-order valence-electron chi connectivity index (χ0n) is 8.61. The second-order valence-corrected chi connectivity index (χ2v) is 3.79. The number of thiazole rings is 1. The van der Waals surface area contributed by atoms with Crippen molar-refractivity contribution in [3.63, 3.8) is 0 Å². The van der Waals surface area contributed by atoms with Gasteiger partial charge in [0, 0.05) is 17.8 Å². The van der Waals surface area contributed by atoms with Crippen molar-refractivity contribution in [2.75, 3.05) is 0 Å². The van der Waals surface area contributed by atoms with Crippen molar-refractivity contribution in [1.82, 2.24) is 9.38 Å². The Morgan fingerprint density at radius 2 is 2.08 bits per heavy atom. The molecule has 0 unspecified atom stereocenters. The van der Waals surface area contributed by atoms with Gasteiger partial charge in [-0.25, -0.2) is 4.98 Å². The first-order chi connectivity index (χ1) is 6.27. The molecule has 0 amide bonds. The van der Waals surface area contributed by atoms with Crippen molar-refractivity contribution in [2.24, 2.45) is 0 Å². The number of hydrogen-bond acceptors (Lipinski definition) is 2. The van der Waals surface area contributed by atoms with Gasteiger partial charge in [0.15, 0.2) is 4.96 Å². The third kappa shape index (κ3) is 2.10. The summed E-state index contributed by atoms with van der Waals surface area (Å²) in [4.78, 5) is 5.55. The summed E-state index contributed by atoms with van der Waals surface area (Å²) in [6.45, 7) is 8.32. The smallest absolute Gasteiger partial charge is 0.193 e. The van der Waals surface area contributed by atoms with Crippen LogP contribution < -0.4 is 0 Å². The summed E-state index contributed by atoms with van der Waals surface area (Å²) >= 11 is 1.68. The maximum Gasteiger partial charge on any atom is 0.193 e. The number of imidazole rings is 1. The Hall–Kier alpha value is -0.830. The minimum Gasteiger partial charge on any atom is -0.297 e. The predicted octanol–water partition coefficient (Wildman–Crippen LogP) is 3.55. The van der Waals surface area contributed by atoms with Crippen molar-refractivity contribution in [3.05, 3.63) is 23.5 Å². The van der Waals surface area contributed by atoms with E-state index < -0.39 is 0 Å². The summed E-state index contributed by atoms with van der Waals surface area (Å²) in [5, 5.41) is 2.05. The third-order valence-corrected chi connectivity index (χ3v) is 2.47. The van der Waals surface area contributed by atoms with E-state index in [0.29, 0.717) is 5.92 Å². The van der Waals surface area contributed by atoms with Gasteiger partial charge in [-0.05, 0) is 5.92 Å². The van der Waals surface area contributed by atoms with Gasteiger partial charge >= 0.3 is 0 Å². The van der Waals surface area contributed by atoms with Crippen molar-refractivity contribution in [1.29, 1.82) is 0 Å². The van der Waals surface area contributed by atoms with E-state index in [0.717, 1.165) is 4.96 Å². The fourth-order valence-corrected chi connectivity index (χ4v) is 1.73. The van der Waals surface area contributed by atoms with E-state index in [2.05, 4.69) is 29.4 Å². The molecular weight excluding hydrogens is 180 g/mol. The maximum absolute atomic E-state index is 4.45. The molecule has 0 N–H and O–H groups in total. The lowest BCUT2D eigenvalue weighted by molar-refractivity contribution is 0.834. The molecule has 0 saturated carbocycles. The summed E-state index contributed by atoms with van der Waals surface area (Å²) in [6.07, 6.45) is 4.13. The molecular formula is C10H16N2S. The van der Waals surface area contributed by atoms with Crippen LogP contribution >= 0.6 is 11.3 Å². The number of nitrogens with zero attached hydrogens (tertiary/aromatic N) is 2. The lowest BCUT2D eigenvalue weighted by atomic mass is 10.2. The van der Waals surface area contributed by atoms with Crippen molar-refractivity contribution in [3.8, 4) is 0 Å². The van der Waals surface area contributed by atoms with Crippen LogP contribution in [0.3, 0.4) is 0 Å². The standard InChI is InChI=1S/C8H10N2S.C2H6/c1-6(2)7-5-10-3-4-11-8(10)9-7;1-2/h3-6H,1-2H3;1-2H3. The highest BCUT2D eigenvalue weighted by molar-refractivity contribution is 7.15. The van der Waals surface area contributed by atoms with Gasteiger partial charge in [-0.2, -0.15) is 0 Å². The van der Waals surface area contributed by atoms with Crippen LogP contribution in [0, 0.1) is 0 Å². The average Bonchev–Trinajstić information content (AvgIpc) is 2.65. The van der Waals surface area contributed by atoms with E-state index in [1.807, 2.05) is 25.4 Å². The second-order valence-electron chi connectivity index (χ2n) is 2.91. The topological polar surface area (TPSA) is 17.3 Å². The molecule has 0 fully saturated rings. The summed E-state index contributed by atoms with van der Waals surface area (Å²) < 4.78 is 2.07. The lowest BCUT2D eigenvalue weighted by Gasteiger charge is -1.94. The summed E-state index contributed by atoms with van der Waals surface area (Å²) in [5.74, 6) is 0.530. The number of fused-ring (bicyclic) bond motifs is 1. The minimum atomic E-state index is 0.530. The van der Waals surface area contributed by atoms with Gasteiger partial charge in [0.05, 0.1) is 5.69 Å². The van der Waals surface area contributed by atoms with Gasteiger partial charge in [0.25, 0.3) is 0 Å². The largest absolute Gasteiger partial charge is 0.297 e. The second kappa shape index (κ2) is 4.42. The van der Waals surface area contributed by atoms with Gasteiger partial charge in [0.1, 0.15) is 0 Å². The molecule has 2 aromatic heterocycles. The van der Waals surface area contributed by atoms with E-state index in [-0.39, 0.29) is 0 Å². The minimum absolute atomic E-state index is 0.530. The van der Waals surface area contributed by atoms with Crippen LogP contribution in [0.4, 0.5) is 0 Å². The highest BCUT2D eigenvalue weighted by Gasteiger charge is 2.04. The van der Waals surface area contributed by atoms with Gasteiger partial charge in [0.2, 0.25) is 0 Å². The maximum atomic E-state index is 4.45. The molecule has 13 heavy (non-hydrogen) atoms. The molecule has 2 heterocycles. The van der Waals surface area contributed by atoms with Gasteiger partial charge < -0.3 is 0 Å². The van der Waals surface area contributed by atoms with Crippen LogP contribution in [0.1, 0.15) is 39.3 Å². The van der Waals surface area contributed by atoms with Crippen molar-refractivity contribution in [2.45, 2.75) is 33.6 Å². The molecule has 0 aliphatic rings. The zero-order valence-corrected chi connectivity index (χ0v) is 9.43. The quantitative estimate of drug-likeness (QED) is 0.682. The first-order valence-corrected chi connectivity index (χ1v) is 5.57. The van der Waals surface area contributed by atoms with Crippen LogP contribution in [-0.4, -0.2) is 9.38 Å². The zero-order chi connectivity index (χ0) is 9.84. The van der Waals surface area contributed by atoms with E-state index in [4.69, 9.17) is 0 Å². The van der Waals surface area contributed by atoms with Crippen LogP contribution in [0.5, 0.6) is 0 Å². The molecule has 0 aliphatic heterocycles. The van der Waals surface area contributed by atoms with Gasteiger partial charge in [-0.1, -0.05) is 27.7 Å². The fourth-order valence-electron chi connectivity index (χ4n) is 1.02. The fraction of sp³-hybridized carbons (Fsp3) is 0.500. The van der Waals surface area contributed by atoms with E-state index >= 15 is 0 Å². The Kier molecular flexibility index (Phi) is 3.48. The molecule has 0 bridgehead atoms. The van der Waals surface area contributed by atoms with Crippen molar-refractivity contribution < 1.29 is 0 Å². The molecule has 0 saturated heterocycles. The van der Waals surface area contributed by atoms with Gasteiger partial charge in [-0.3, -0.25) is 4.40 Å². The van der Waals surface area contributed by atoms with E-state index in [9.17, 15) is 0 Å². The highest BCUT2D eigenvalue weighted by atomic mass is 32.1. The molecule has 2 aromatic rings. The molecule has 0 aromatic carbocycles. The summed E-state index contributed by atoms with van der Waals surface area (Å²) in [7, 11) is 0. The Labute approximate surface area is 83.2 Å². The molecule has 2 nitrogen and oxygen atoms in total. The predicted molar refractivity (Wildman–Crippen MR) is 58.5 cm³/mol. The molecule has 0 spiro atoms. The van der Waals surface area contributed by atoms with Crippen LogP contribution in [0.2, 0.25) is 0 Å². The first-order valence-electron chi connectivity index (χ1n) is 4.69. The van der Waals surface area contributed by atoms with Crippen LogP contribution in [0.25, 0.3) is 4.96 Å². The first kappa shape index (κ1) is 10.3. The Bertz CT molecular complexity index is 331. The summed E-state index contributed by atoms with van der Waals surface area (Å²) in [6, 6.07) is 0. The SMILES string of the molecule is CC.CC(C)c1cn2ccsc2n1. The number of aromatic nitrogens is 2. The number of hydrogen-bond donors (Lipinski definition) is 0. The van der Waals surface area contributed by atoms with Crippen molar-refractivity contribution >= 4 is 16.3 Å². The molecule has 2 rings (SSSR count). The van der Waals surface area contributed by atoms with E-state index in [1.54, 1.807) is 11.3 Å². The molecule has 3 heteroatoms. The van der Waals surface area contributed by atoms with Gasteiger partial charge in [-0.15, -0.1) is 11.3 Å².